The van der Waals surface area contributed by atoms with Crippen molar-refractivity contribution in [3.63, 3.8) is 0 Å². The lowest BCUT2D eigenvalue weighted by atomic mass is 9.79. The van der Waals surface area contributed by atoms with Crippen LogP contribution in [-0.2, 0) is 23.6 Å². The third-order valence-corrected chi connectivity index (χ3v) is 9.52. The van der Waals surface area contributed by atoms with Gasteiger partial charge in [0.1, 0.15) is 23.5 Å². The number of hydrogen-bond acceptors (Lipinski definition) is 8. The molecule has 3 heterocycles. The van der Waals surface area contributed by atoms with Gasteiger partial charge in [0, 0.05) is 11.8 Å². The van der Waals surface area contributed by atoms with Crippen LogP contribution in [0.15, 0.2) is 30.5 Å². The first kappa shape index (κ1) is 33.8. The van der Waals surface area contributed by atoms with Gasteiger partial charge < -0.3 is 34.0 Å². The van der Waals surface area contributed by atoms with Gasteiger partial charge in [-0.1, -0.05) is 43.5 Å². The molecule has 2 N–H and O–H groups in total. The first-order valence-electron chi connectivity index (χ1n) is 16.2. The third kappa shape index (κ3) is 7.20. The fourth-order valence-corrected chi connectivity index (χ4v) is 6.22. The zero-order valence-corrected chi connectivity index (χ0v) is 28.3. The zero-order valence-electron chi connectivity index (χ0n) is 28.3. The van der Waals surface area contributed by atoms with Crippen LogP contribution in [0.1, 0.15) is 92.4 Å². The highest BCUT2D eigenvalue weighted by molar-refractivity contribution is 6.62. The number of ether oxygens (including phenoxy) is 2. The van der Waals surface area contributed by atoms with E-state index >= 15 is 0 Å². The quantitative estimate of drug-likeness (QED) is 0.433. The van der Waals surface area contributed by atoms with Gasteiger partial charge in [0.25, 0.3) is 0 Å². The van der Waals surface area contributed by atoms with Crippen LogP contribution in [0.2, 0.25) is 0 Å². The second-order valence-electron chi connectivity index (χ2n) is 14.6. The van der Waals surface area contributed by atoms with Crippen molar-refractivity contribution >= 4 is 30.7 Å². The number of methoxy groups -OCH3 is 1. The van der Waals surface area contributed by atoms with Crippen molar-refractivity contribution < 1.29 is 33.2 Å². The number of amides is 3. The minimum absolute atomic E-state index is 0.00328. The van der Waals surface area contributed by atoms with Gasteiger partial charge in [0.05, 0.1) is 37.2 Å². The number of H-pyrrole nitrogens is 1. The lowest BCUT2D eigenvalue weighted by molar-refractivity contribution is -0.136. The van der Waals surface area contributed by atoms with Gasteiger partial charge in [-0.05, 0) is 72.7 Å². The molecule has 2 atom stereocenters. The second-order valence-corrected chi connectivity index (χ2v) is 14.6. The van der Waals surface area contributed by atoms with Gasteiger partial charge in [-0.3, -0.25) is 9.69 Å². The summed E-state index contributed by atoms with van der Waals surface area (Å²) in [5.41, 5.74) is 0.891. The Kier molecular flexibility index (Phi) is 9.48. The maximum atomic E-state index is 14.3. The fraction of sp³-hybridized carbons (Fsp3) is 0.636. The Morgan fingerprint density at radius 2 is 1.67 bits per heavy atom. The van der Waals surface area contributed by atoms with Crippen molar-refractivity contribution in [1.82, 2.24) is 25.1 Å². The maximum absolute atomic E-state index is 14.3. The lowest BCUT2D eigenvalue weighted by Crippen LogP contribution is -2.53. The molecule has 13 heteroatoms. The molecule has 1 aromatic carbocycles. The summed E-state index contributed by atoms with van der Waals surface area (Å²) in [5, 5.41) is 2.80. The van der Waals surface area contributed by atoms with E-state index in [1.807, 2.05) is 52.0 Å². The molecule has 3 fully saturated rings. The number of aromatic amines is 1. The molecule has 0 radical (unpaired) electrons. The molecular formula is C33H48BN5O7. The molecule has 0 spiro atoms. The molecule has 5 rings (SSSR count). The van der Waals surface area contributed by atoms with E-state index in [-0.39, 0.29) is 25.0 Å². The van der Waals surface area contributed by atoms with E-state index in [0.717, 1.165) is 43.1 Å². The van der Waals surface area contributed by atoms with Gasteiger partial charge in [0.2, 0.25) is 5.91 Å². The first-order valence-corrected chi connectivity index (χ1v) is 16.2. The highest BCUT2D eigenvalue weighted by atomic mass is 16.7. The molecular weight excluding hydrogens is 589 g/mol. The van der Waals surface area contributed by atoms with Crippen molar-refractivity contribution in [3.8, 4) is 11.3 Å². The number of alkyl carbamates (subject to hydrolysis) is 1. The van der Waals surface area contributed by atoms with E-state index in [2.05, 4.69) is 10.3 Å². The van der Waals surface area contributed by atoms with Gasteiger partial charge in [-0.2, -0.15) is 0 Å². The summed E-state index contributed by atoms with van der Waals surface area (Å²) in [6.45, 7) is 13.7. The first-order chi connectivity index (χ1) is 21.6. The lowest BCUT2D eigenvalue weighted by Gasteiger charge is -2.33. The standard InChI is InChI=1S/C33H48BN5O7/c1-31(2,3)44-30(42)38-19-25(39(20-38)28(40)26(37-29(41)43-8)22-12-10-9-11-13-22)27-35-18-24(36-27)21-14-16-23(17-15-21)34-45-32(4,5)33(6,7)46-34/h14-18,22,25-26H,9-13,19-20H2,1-8H3,(H,35,36)(H,37,41)/t25-,26-/m0/s1. The number of carbonyl (C=O) groups excluding carboxylic acids is 3. The summed E-state index contributed by atoms with van der Waals surface area (Å²) in [5.74, 6) is 0.217. The number of benzene rings is 1. The summed E-state index contributed by atoms with van der Waals surface area (Å²) < 4.78 is 22.9. The van der Waals surface area contributed by atoms with Gasteiger partial charge in [0.15, 0.2) is 0 Å². The highest BCUT2D eigenvalue weighted by Crippen LogP contribution is 2.37. The van der Waals surface area contributed by atoms with Crippen LogP contribution in [-0.4, -0.2) is 88.1 Å². The largest absolute Gasteiger partial charge is 0.494 e. The summed E-state index contributed by atoms with van der Waals surface area (Å²) in [7, 11) is 0.814. The monoisotopic (exact) mass is 637 g/mol. The van der Waals surface area contributed by atoms with Crippen LogP contribution in [0.4, 0.5) is 9.59 Å². The van der Waals surface area contributed by atoms with Crippen molar-refractivity contribution in [2.24, 2.45) is 5.92 Å². The summed E-state index contributed by atoms with van der Waals surface area (Å²) in [4.78, 5) is 51.1. The van der Waals surface area contributed by atoms with Crippen molar-refractivity contribution in [2.45, 2.75) is 109 Å². The van der Waals surface area contributed by atoms with E-state index in [0.29, 0.717) is 11.5 Å². The molecule has 0 bridgehead atoms. The molecule has 1 aliphatic carbocycles. The summed E-state index contributed by atoms with van der Waals surface area (Å²) in [6, 6.07) is 6.49. The van der Waals surface area contributed by atoms with E-state index in [1.165, 1.54) is 12.0 Å². The van der Waals surface area contributed by atoms with Crippen LogP contribution < -0.4 is 10.8 Å². The van der Waals surface area contributed by atoms with Crippen LogP contribution in [0, 0.1) is 5.92 Å². The molecule has 46 heavy (non-hydrogen) atoms. The topological polar surface area (TPSA) is 135 Å². The summed E-state index contributed by atoms with van der Waals surface area (Å²) >= 11 is 0. The molecule has 1 saturated carbocycles. The van der Waals surface area contributed by atoms with Crippen LogP contribution in [0.25, 0.3) is 11.3 Å². The molecule has 12 nitrogen and oxygen atoms in total. The average Bonchev–Trinajstić information content (AvgIpc) is 3.71. The zero-order chi connectivity index (χ0) is 33.4. The van der Waals surface area contributed by atoms with Crippen LogP contribution in [0.5, 0.6) is 0 Å². The van der Waals surface area contributed by atoms with Crippen LogP contribution in [0.3, 0.4) is 0 Å². The average molecular weight is 638 g/mol. The smallest absolute Gasteiger partial charge is 0.453 e. The Labute approximate surface area is 272 Å². The SMILES string of the molecule is COC(=O)N[C@H](C(=O)N1CN(C(=O)OC(C)(C)C)C[C@H]1c1nc(-c2ccc(B3OC(C)(C)C(C)(C)O3)cc2)c[nH]1)C1CCCCC1. The molecule has 3 amide bonds. The Balaban J connectivity index is 1.40. The number of aromatic nitrogens is 2. The Morgan fingerprint density at radius 1 is 1.04 bits per heavy atom. The molecule has 0 unspecified atom stereocenters. The number of nitrogens with zero attached hydrogens (tertiary/aromatic N) is 3. The van der Waals surface area contributed by atoms with E-state index in [9.17, 15) is 14.4 Å². The van der Waals surface area contributed by atoms with Gasteiger partial charge >= 0.3 is 19.3 Å². The summed E-state index contributed by atoms with van der Waals surface area (Å²) in [6.07, 6.45) is 5.33. The number of nitrogens with one attached hydrogen (secondary N) is 2. The maximum Gasteiger partial charge on any atom is 0.494 e. The molecule has 2 aliphatic heterocycles. The minimum atomic E-state index is -0.786. The molecule has 2 aromatic rings. The number of rotatable bonds is 6. The van der Waals surface area contributed by atoms with Gasteiger partial charge in [-0.15, -0.1) is 0 Å². The Morgan fingerprint density at radius 3 is 2.26 bits per heavy atom. The van der Waals surface area contributed by atoms with Crippen molar-refractivity contribution in [3.05, 3.63) is 36.3 Å². The predicted molar refractivity (Wildman–Crippen MR) is 173 cm³/mol. The Bertz CT molecular complexity index is 1400. The molecule has 3 aliphatic rings. The fourth-order valence-electron chi connectivity index (χ4n) is 6.22. The molecule has 2 saturated heterocycles. The second kappa shape index (κ2) is 12.9. The van der Waals surface area contributed by atoms with E-state index in [4.69, 9.17) is 23.8 Å². The molecule has 1 aromatic heterocycles. The third-order valence-electron chi connectivity index (χ3n) is 9.52. The minimum Gasteiger partial charge on any atom is -0.453 e. The van der Waals surface area contributed by atoms with Crippen molar-refractivity contribution in [2.75, 3.05) is 20.3 Å². The van der Waals surface area contributed by atoms with Gasteiger partial charge in [-0.25, -0.2) is 14.6 Å². The van der Waals surface area contributed by atoms with Crippen molar-refractivity contribution in [1.29, 1.82) is 0 Å². The van der Waals surface area contributed by atoms with E-state index in [1.54, 1.807) is 31.9 Å². The van der Waals surface area contributed by atoms with Crippen LogP contribution >= 0.6 is 0 Å². The number of carbonyl (C=O) groups is 3. The number of imidazole rings is 1. The highest BCUT2D eigenvalue weighted by Gasteiger charge is 2.51. The Hall–Kier alpha value is -3.58. The molecule has 250 valence electrons. The normalized spacial score (nSPS) is 22.1. The van der Waals surface area contributed by atoms with E-state index < -0.39 is 48.2 Å². The predicted octanol–water partition coefficient (Wildman–Crippen LogP) is 4.76. The number of hydrogen-bond donors (Lipinski definition) is 2.